The molecule has 20 heavy (non-hydrogen) atoms. The lowest BCUT2D eigenvalue weighted by Crippen LogP contribution is -2.13. The van der Waals surface area contributed by atoms with Crippen LogP contribution in [0.4, 0.5) is 0 Å². The van der Waals surface area contributed by atoms with Gasteiger partial charge < -0.3 is 14.2 Å². The van der Waals surface area contributed by atoms with Gasteiger partial charge in [-0.05, 0) is 18.6 Å². The van der Waals surface area contributed by atoms with Gasteiger partial charge in [0.15, 0.2) is 0 Å². The van der Waals surface area contributed by atoms with Crippen molar-refractivity contribution in [2.24, 2.45) is 0 Å². The summed E-state index contributed by atoms with van der Waals surface area (Å²) < 4.78 is 14.9. The van der Waals surface area contributed by atoms with Crippen LogP contribution in [0, 0.1) is 6.92 Å². The third-order valence-corrected chi connectivity index (χ3v) is 2.49. The van der Waals surface area contributed by atoms with Crippen LogP contribution in [0.1, 0.15) is 15.9 Å². The Kier molecular flexibility index (Phi) is 4.09. The molecular formula is C13H13N3O4. The second-order valence-corrected chi connectivity index (χ2v) is 3.80. The predicted molar refractivity (Wildman–Crippen MR) is 69.1 cm³/mol. The van der Waals surface area contributed by atoms with Gasteiger partial charge in [-0.25, -0.2) is 4.79 Å². The molecule has 0 atom stereocenters. The van der Waals surface area contributed by atoms with Crippen LogP contribution in [-0.4, -0.2) is 35.1 Å². The summed E-state index contributed by atoms with van der Waals surface area (Å²) in [6.07, 6.45) is 0. The minimum Gasteiger partial charge on any atom is -0.467 e. The first-order chi connectivity index (χ1) is 9.63. The molecule has 0 spiro atoms. The minimum absolute atomic E-state index is 0.00411. The van der Waals surface area contributed by atoms with Gasteiger partial charge >= 0.3 is 24.0 Å². The summed E-state index contributed by atoms with van der Waals surface area (Å²) in [5.41, 5.74) is 1.23. The molecule has 0 N–H and O–H groups in total. The van der Waals surface area contributed by atoms with Gasteiger partial charge in [0.05, 0.1) is 19.8 Å². The summed E-state index contributed by atoms with van der Waals surface area (Å²) in [5.74, 6) is -0.557. The zero-order valence-corrected chi connectivity index (χ0v) is 11.3. The molecule has 1 aromatic heterocycles. The molecule has 0 aliphatic carbocycles. The summed E-state index contributed by atoms with van der Waals surface area (Å²) in [6.45, 7) is 1.81. The van der Waals surface area contributed by atoms with E-state index >= 15 is 0 Å². The molecule has 0 amide bonds. The SMILES string of the molecule is COc1nc(OC)nc(OC(=O)c2ccccc2C)n1. The van der Waals surface area contributed by atoms with Gasteiger partial charge in [-0.3, -0.25) is 0 Å². The maximum absolute atomic E-state index is 12.0. The number of carbonyl (C=O) groups is 1. The first-order valence-corrected chi connectivity index (χ1v) is 5.76. The number of methoxy groups -OCH3 is 2. The van der Waals surface area contributed by atoms with Crippen LogP contribution >= 0.6 is 0 Å². The Hall–Kier alpha value is -2.70. The fraction of sp³-hybridized carbons (Fsp3) is 0.231. The molecule has 0 saturated heterocycles. The van der Waals surface area contributed by atoms with Gasteiger partial charge in [0.2, 0.25) is 0 Å². The van der Waals surface area contributed by atoms with E-state index in [1.807, 2.05) is 19.1 Å². The Morgan fingerprint density at radius 3 is 2.05 bits per heavy atom. The molecule has 0 fully saturated rings. The number of ether oxygens (including phenoxy) is 3. The molecule has 2 aromatic rings. The molecule has 104 valence electrons. The van der Waals surface area contributed by atoms with Crippen molar-refractivity contribution < 1.29 is 19.0 Å². The van der Waals surface area contributed by atoms with Crippen LogP contribution in [0.2, 0.25) is 0 Å². The van der Waals surface area contributed by atoms with E-state index < -0.39 is 5.97 Å². The van der Waals surface area contributed by atoms with E-state index in [1.165, 1.54) is 14.2 Å². The Labute approximate surface area is 115 Å². The van der Waals surface area contributed by atoms with Gasteiger partial charge in [0.1, 0.15) is 0 Å². The van der Waals surface area contributed by atoms with Crippen LogP contribution in [0.3, 0.4) is 0 Å². The van der Waals surface area contributed by atoms with E-state index in [0.717, 1.165) is 5.56 Å². The Bertz CT molecular complexity index is 609. The fourth-order valence-electron chi connectivity index (χ4n) is 1.49. The Morgan fingerprint density at radius 1 is 0.950 bits per heavy atom. The lowest BCUT2D eigenvalue weighted by atomic mass is 10.1. The van der Waals surface area contributed by atoms with Crippen molar-refractivity contribution >= 4 is 5.97 Å². The predicted octanol–water partition coefficient (Wildman–Crippen LogP) is 1.42. The van der Waals surface area contributed by atoms with Crippen LogP contribution < -0.4 is 14.2 Å². The highest BCUT2D eigenvalue weighted by atomic mass is 16.6. The topological polar surface area (TPSA) is 83.4 Å². The van der Waals surface area contributed by atoms with Crippen molar-refractivity contribution in [1.82, 2.24) is 15.0 Å². The Balaban J connectivity index is 2.26. The van der Waals surface area contributed by atoms with Gasteiger partial charge in [-0.1, -0.05) is 18.2 Å². The lowest BCUT2D eigenvalue weighted by Gasteiger charge is -2.06. The molecule has 0 unspecified atom stereocenters. The van der Waals surface area contributed by atoms with E-state index in [1.54, 1.807) is 12.1 Å². The third kappa shape index (κ3) is 3.00. The van der Waals surface area contributed by atoms with Crippen LogP contribution in [-0.2, 0) is 0 Å². The maximum Gasteiger partial charge on any atom is 0.346 e. The highest BCUT2D eigenvalue weighted by Gasteiger charge is 2.15. The van der Waals surface area contributed by atoms with Crippen LogP contribution in [0.15, 0.2) is 24.3 Å². The number of hydrogen-bond acceptors (Lipinski definition) is 7. The summed E-state index contributed by atoms with van der Waals surface area (Å²) in [4.78, 5) is 23.5. The number of rotatable bonds is 4. The minimum atomic E-state index is -0.557. The molecular weight excluding hydrogens is 262 g/mol. The number of aromatic nitrogens is 3. The number of carbonyl (C=O) groups excluding carboxylic acids is 1. The first-order valence-electron chi connectivity index (χ1n) is 5.76. The van der Waals surface area contributed by atoms with Gasteiger partial charge in [0, 0.05) is 0 Å². The normalized spacial score (nSPS) is 9.95. The third-order valence-electron chi connectivity index (χ3n) is 2.49. The molecule has 0 saturated carbocycles. The van der Waals surface area contributed by atoms with Crippen molar-refractivity contribution in [2.45, 2.75) is 6.92 Å². The summed E-state index contributed by atoms with van der Waals surface area (Å²) in [7, 11) is 2.78. The van der Waals surface area contributed by atoms with Gasteiger partial charge in [0.25, 0.3) is 0 Å². The van der Waals surface area contributed by atoms with Crippen molar-refractivity contribution in [3.8, 4) is 18.0 Å². The molecule has 1 heterocycles. The van der Waals surface area contributed by atoms with Crippen LogP contribution in [0.25, 0.3) is 0 Å². The molecule has 2 rings (SSSR count). The average Bonchev–Trinajstić information content (AvgIpc) is 2.47. The standard InChI is InChI=1S/C13H13N3O4/c1-8-6-4-5-7-9(8)10(17)20-13-15-11(18-2)14-12(16-13)19-3/h4-7H,1-3H3. The first kappa shape index (κ1) is 13.7. The molecule has 1 aromatic carbocycles. The lowest BCUT2D eigenvalue weighted by molar-refractivity contribution is 0.0715. The second-order valence-electron chi connectivity index (χ2n) is 3.80. The van der Waals surface area contributed by atoms with Crippen molar-refractivity contribution in [3.63, 3.8) is 0 Å². The van der Waals surface area contributed by atoms with E-state index in [2.05, 4.69) is 15.0 Å². The number of hydrogen-bond donors (Lipinski definition) is 0. The smallest absolute Gasteiger partial charge is 0.346 e. The zero-order chi connectivity index (χ0) is 14.5. The highest BCUT2D eigenvalue weighted by Crippen LogP contribution is 2.16. The summed E-state index contributed by atoms with van der Waals surface area (Å²) in [5, 5.41) is 0. The van der Waals surface area contributed by atoms with Crippen molar-refractivity contribution in [1.29, 1.82) is 0 Å². The van der Waals surface area contributed by atoms with E-state index in [-0.39, 0.29) is 18.0 Å². The molecule has 0 aliphatic rings. The monoisotopic (exact) mass is 275 g/mol. The van der Waals surface area contributed by atoms with E-state index in [0.29, 0.717) is 5.56 Å². The number of benzene rings is 1. The van der Waals surface area contributed by atoms with Gasteiger partial charge in [-0.2, -0.15) is 0 Å². The van der Waals surface area contributed by atoms with Crippen molar-refractivity contribution in [3.05, 3.63) is 35.4 Å². The zero-order valence-electron chi connectivity index (χ0n) is 11.3. The highest BCUT2D eigenvalue weighted by molar-refractivity contribution is 5.92. The molecule has 0 aliphatic heterocycles. The Morgan fingerprint density at radius 2 is 1.50 bits per heavy atom. The molecule has 7 nitrogen and oxygen atoms in total. The van der Waals surface area contributed by atoms with Crippen LogP contribution in [0.5, 0.6) is 18.0 Å². The largest absolute Gasteiger partial charge is 0.467 e. The number of esters is 1. The summed E-state index contributed by atoms with van der Waals surface area (Å²) >= 11 is 0. The number of nitrogens with zero attached hydrogens (tertiary/aromatic N) is 3. The fourth-order valence-corrected chi connectivity index (χ4v) is 1.49. The van der Waals surface area contributed by atoms with Gasteiger partial charge in [-0.15, -0.1) is 15.0 Å². The second kappa shape index (κ2) is 5.96. The van der Waals surface area contributed by atoms with Crippen molar-refractivity contribution in [2.75, 3.05) is 14.2 Å². The average molecular weight is 275 g/mol. The maximum atomic E-state index is 12.0. The quantitative estimate of drug-likeness (QED) is 0.780. The van der Waals surface area contributed by atoms with E-state index in [4.69, 9.17) is 14.2 Å². The number of aryl methyl sites for hydroxylation is 1. The molecule has 0 bridgehead atoms. The van der Waals surface area contributed by atoms with E-state index in [9.17, 15) is 4.79 Å². The molecule has 0 radical (unpaired) electrons. The summed E-state index contributed by atoms with van der Waals surface area (Å²) in [6, 6.07) is 6.88. The molecule has 7 heteroatoms.